The molecule has 70 valence electrons. The van der Waals surface area contributed by atoms with Gasteiger partial charge in [0, 0.05) is 11.8 Å². The smallest absolute Gasteiger partial charge is 0.124 e. The van der Waals surface area contributed by atoms with Crippen LogP contribution in [0.3, 0.4) is 0 Å². The first-order valence-electron chi connectivity index (χ1n) is 4.29. The summed E-state index contributed by atoms with van der Waals surface area (Å²) in [5.74, 6) is 0. The lowest BCUT2D eigenvalue weighted by Crippen LogP contribution is -1.81. The van der Waals surface area contributed by atoms with E-state index in [0.29, 0.717) is 0 Å². The highest BCUT2D eigenvalue weighted by Gasteiger charge is 1.99. The summed E-state index contributed by atoms with van der Waals surface area (Å²) in [5.41, 5.74) is 2.20. The summed E-state index contributed by atoms with van der Waals surface area (Å²) in [6.45, 7) is 1.99. The van der Waals surface area contributed by atoms with E-state index in [1.165, 1.54) is 0 Å². The maximum absolute atomic E-state index is 5.22. The fourth-order valence-electron chi connectivity index (χ4n) is 1.12. The zero-order valence-corrected chi connectivity index (χ0v) is 9.36. The predicted molar refractivity (Wildman–Crippen MR) is 63.1 cm³/mol. The molecule has 1 nitrogen and oxygen atoms in total. The molecule has 0 aliphatic rings. The fourth-order valence-corrected chi connectivity index (χ4v) is 2.16. The molecule has 0 atom stereocenters. The summed E-state index contributed by atoms with van der Waals surface area (Å²) in [5, 5.41) is 0.987. The first kappa shape index (κ1) is 9.49. The van der Waals surface area contributed by atoms with E-state index >= 15 is 0 Å². The van der Waals surface area contributed by atoms with Gasteiger partial charge in [-0.3, -0.25) is 0 Å². The normalized spacial score (nSPS) is 10.1. The summed E-state index contributed by atoms with van der Waals surface area (Å²) in [6.07, 6.45) is 1.83. The van der Waals surface area contributed by atoms with Gasteiger partial charge < -0.3 is 0 Å². The number of hydrogen-bond donors (Lipinski definition) is 0. The zero-order chi connectivity index (χ0) is 9.97. The van der Waals surface area contributed by atoms with Crippen LogP contribution in [0.1, 0.15) is 5.56 Å². The lowest BCUT2D eigenvalue weighted by atomic mass is 10.2. The van der Waals surface area contributed by atoms with E-state index in [1.54, 1.807) is 11.3 Å². The number of aryl methyl sites for hydroxylation is 1. The number of aromatic nitrogens is 1. The van der Waals surface area contributed by atoms with E-state index in [0.717, 1.165) is 20.0 Å². The third-order valence-corrected chi connectivity index (χ3v) is 3.52. The third-order valence-electron chi connectivity index (χ3n) is 1.91. The molecule has 0 aliphatic carbocycles. The van der Waals surface area contributed by atoms with Crippen LogP contribution in [-0.4, -0.2) is 4.98 Å². The van der Waals surface area contributed by atoms with Gasteiger partial charge in [0.2, 0.25) is 0 Å². The molecule has 0 saturated heterocycles. The number of nitrogens with zero attached hydrogens (tertiary/aromatic N) is 1. The molecule has 0 spiro atoms. The van der Waals surface area contributed by atoms with Crippen molar-refractivity contribution in [3.05, 3.63) is 45.9 Å². The van der Waals surface area contributed by atoms with Crippen molar-refractivity contribution in [2.75, 3.05) is 0 Å². The van der Waals surface area contributed by atoms with Gasteiger partial charge in [0.25, 0.3) is 0 Å². The fraction of sp³-hybridized carbons (Fsp3) is 0.0909. The highest BCUT2D eigenvalue weighted by Crippen LogP contribution is 2.22. The van der Waals surface area contributed by atoms with Gasteiger partial charge in [-0.25, -0.2) is 4.98 Å². The molecule has 3 heteroatoms. The van der Waals surface area contributed by atoms with E-state index in [4.69, 9.17) is 12.2 Å². The lowest BCUT2D eigenvalue weighted by Gasteiger charge is -1.99. The molecule has 0 saturated carbocycles. The number of hydrogen-bond acceptors (Lipinski definition) is 3. The Morgan fingerprint density at radius 3 is 2.57 bits per heavy atom. The number of rotatable bonds is 1. The Bertz CT molecular complexity index is 488. The van der Waals surface area contributed by atoms with Gasteiger partial charge in [-0.05, 0) is 12.5 Å². The molecule has 2 aromatic rings. The molecule has 0 fully saturated rings. The quantitative estimate of drug-likeness (QED) is 0.676. The maximum atomic E-state index is 5.22. The summed E-state index contributed by atoms with van der Waals surface area (Å²) < 4.78 is 0.916. The molecule has 1 aromatic heterocycles. The van der Waals surface area contributed by atoms with Crippen molar-refractivity contribution in [1.29, 1.82) is 0 Å². The Balaban J connectivity index is 2.54. The van der Waals surface area contributed by atoms with Crippen LogP contribution >= 0.6 is 23.6 Å². The highest BCUT2D eigenvalue weighted by molar-refractivity contribution is 7.73. The van der Waals surface area contributed by atoms with Crippen LogP contribution < -0.4 is 0 Å². The molecule has 0 amide bonds. The lowest BCUT2D eigenvalue weighted by molar-refractivity contribution is 1.32. The minimum atomic E-state index is 0.916. The second-order valence-corrected chi connectivity index (χ2v) is 4.67. The topological polar surface area (TPSA) is 12.9 Å². The van der Waals surface area contributed by atoms with E-state index in [-0.39, 0.29) is 0 Å². The van der Waals surface area contributed by atoms with Crippen LogP contribution in [-0.2, 0) is 0 Å². The number of benzene rings is 1. The van der Waals surface area contributed by atoms with Crippen LogP contribution in [0.5, 0.6) is 0 Å². The van der Waals surface area contributed by atoms with Gasteiger partial charge in [0.05, 0.1) is 3.82 Å². The standard InChI is InChI=1S/C11H9NS2/c1-8-7-12-10(14-11(8)13)9-5-3-2-4-6-9/h2-7H,1H3. The van der Waals surface area contributed by atoms with Crippen LogP contribution in [0, 0.1) is 10.7 Å². The molecule has 2 rings (SSSR count). The minimum absolute atomic E-state index is 0.916. The van der Waals surface area contributed by atoms with Gasteiger partial charge in [-0.2, -0.15) is 0 Å². The Labute approximate surface area is 92.1 Å². The van der Waals surface area contributed by atoms with Gasteiger partial charge in [-0.1, -0.05) is 42.5 Å². The van der Waals surface area contributed by atoms with E-state index in [2.05, 4.69) is 4.98 Å². The van der Waals surface area contributed by atoms with E-state index < -0.39 is 0 Å². The second kappa shape index (κ2) is 3.98. The van der Waals surface area contributed by atoms with Gasteiger partial charge in [0.1, 0.15) is 5.01 Å². The van der Waals surface area contributed by atoms with Crippen LogP contribution in [0.4, 0.5) is 0 Å². The Morgan fingerprint density at radius 2 is 1.93 bits per heavy atom. The first-order valence-corrected chi connectivity index (χ1v) is 5.52. The molecule has 14 heavy (non-hydrogen) atoms. The SMILES string of the molecule is Cc1cnc(-c2ccccc2)sc1=S. The molecular weight excluding hydrogens is 210 g/mol. The van der Waals surface area contributed by atoms with Crippen molar-refractivity contribution < 1.29 is 0 Å². The molecule has 0 aliphatic heterocycles. The van der Waals surface area contributed by atoms with Crippen molar-refractivity contribution in [2.24, 2.45) is 0 Å². The molecule has 0 bridgehead atoms. The molecule has 1 aromatic carbocycles. The summed E-state index contributed by atoms with van der Waals surface area (Å²) in [6, 6.07) is 10.1. The maximum Gasteiger partial charge on any atom is 0.124 e. The zero-order valence-electron chi connectivity index (χ0n) is 7.73. The van der Waals surface area contributed by atoms with Crippen molar-refractivity contribution in [3.8, 4) is 10.6 Å². The third kappa shape index (κ3) is 1.89. The second-order valence-electron chi connectivity index (χ2n) is 3.00. The van der Waals surface area contributed by atoms with E-state index in [1.807, 2.05) is 43.5 Å². The Morgan fingerprint density at radius 1 is 1.21 bits per heavy atom. The molecule has 1 heterocycles. The summed E-state index contributed by atoms with van der Waals surface area (Å²) >= 11 is 6.78. The molecular formula is C11H9NS2. The van der Waals surface area contributed by atoms with Gasteiger partial charge >= 0.3 is 0 Å². The van der Waals surface area contributed by atoms with Crippen molar-refractivity contribution in [1.82, 2.24) is 4.98 Å². The first-order chi connectivity index (χ1) is 6.77. The van der Waals surface area contributed by atoms with Crippen LogP contribution in [0.25, 0.3) is 10.6 Å². The summed E-state index contributed by atoms with van der Waals surface area (Å²) in [7, 11) is 0. The molecule has 0 unspecified atom stereocenters. The Kier molecular flexibility index (Phi) is 2.70. The average molecular weight is 219 g/mol. The summed E-state index contributed by atoms with van der Waals surface area (Å²) in [4.78, 5) is 4.36. The average Bonchev–Trinajstić information content (AvgIpc) is 2.23. The van der Waals surface area contributed by atoms with Gasteiger partial charge in [0.15, 0.2) is 0 Å². The van der Waals surface area contributed by atoms with Crippen molar-refractivity contribution in [2.45, 2.75) is 6.92 Å². The van der Waals surface area contributed by atoms with Crippen molar-refractivity contribution >= 4 is 23.6 Å². The van der Waals surface area contributed by atoms with Crippen molar-refractivity contribution in [3.63, 3.8) is 0 Å². The predicted octanol–water partition coefficient (Wildman–Crippen LogP) is 3.85. The van der Waals surface area contributed by atoms with Crippen LogP contribution in [0.15, 0.2) is 36.5 Å². The van der Waals surface area contributed by atoms with Gasteiger partial charge in [-0.15, -0.1) is 11.3 Å². The van der Waals surface area contributed by atoms with Crippen LogP contribution in [0.2, 0.25) is 0 Å². The Hall–Kier alpha value is -1.06. The molecule has 0 radical (unpaired) electrons. The minimum Gasteiger partial charge on any atom is -0.245 e. The van der Waals surface area contributed by atoms with E-state index in [9.17, 15) is 0 Å². The monoisotopic (exact) mass is 219 g/mol. The largest absolute Gasteiger partial charge is 0.245 e. The molecule has 0 N–H and O–H groups in total. The highest BCUT2D eigenvalue weighted by atomic mass is 32.1.